The lowest BCUT2D eigenvalue weighted by atomic mass is 10.2. The molecule has 0 unspecified atom stereocenters. The van der Waals surface area contributed by atoms with Crippen molar-refractivity contribution in [3.05, 3.63) is 42.2 Å². The van der Waals surface area contributed by atoms with Gasteiger partial charge in [-0.05, 0) is 39.0 Å². The lowest BCUT2D eigenvalue weighted by Gasteiger charge is -2.20. The molecule has 0 spiro atoms. The number of hydrogen-bond acceptors (Lipinski definition) is 4. The van der Waals surface area contributed by atoms with Crippen LogP contribution < -0.4 is 10.6 Å². The van der Waals surface area contributed by atoms with E-state index in [-0.39, 0.29) is 0 Å². The standard InChI is InChI=1S/C16H21FN4O2/c1-16(2,3)23-15(22)20-12-6-5-11(17)9-13(12)19-10-14-18-7-8-21(14)4/h5-9,19H,10H2,1-4H3,(H,20,22). The molecular weight excluding hydrogens is 299 g/mol. The van der Waals surface area contributed by atoms with Gasteiger partial charge in [0.05, 0.1) is 17.9 Å². The number of rotatable bonds is 4. The second kappa shape index (κ2) is 6.68. The van der Waals surface area contributed by atoms with Crippen LogP contribution in [0.5, 0.6) is 0 Å². The Morgan fingerprint density at radius 1 is 1.35 bits per heavy atom. The molecular formula is C16H21FN4O2. The van der Waals surface area contributed by atoms with Crippen LogP contribution in [0.2, 0.25) is 0 Å². The summed E-state index contributed by atoms with van der Waals surface area (Å²) in [6, 6.07) is 4.08. The Morgan fingerprint density at radius 3 is 2.70 bits per heavy atom. The molecule has 0 saturated carbocycles. The van der Waals surface area contributed by atoms with E-state index in [0.29, 0.717) is 17.9 Å². The third-order valence-electron chi connectivity index (χ3n) is 2.98. The second-order valence-corrected chi connectivity index (χ2v) is 6.12. The van der Waals surface area contributed by atoms with Gasteiger partial charge in [-0.15, -0.1) is 0 Å². The van der Waals surface area contributed by atoms with Crippen molar-refractivity contribution >= 4 is 17.5 Å². The van der Waals surface area contributed by atoms with Gasteiger partial charge in [-0.1, -0.05) is 0 Å². The van der Waals surface area contributed by atoms with Crippen LogP contribution in [0.1, 0.15) is 26.6 Å². The van der Waals surface area contributed by atoms with Gasteiger partial charge in [0.1, 0.15) is 17.2 Å². The number of imidazole rings is 1. The largest absolute Gasteiger partial charge is 0.444 e. The molecule has 1 aromatic carbocycles. The average molecular weight is 320 g/mol. The zero-order chi connectivity index (χ0) is 17.0. The number of ether oxygens (including phenoxy) is 1. The topological polar surface area (TPSA) is 68.2 Å². The van der Waals surface area contributed by atoms with Gasteiger partial charge < -0.3 is 14.6 Å². The first kappa shape index (κ1) is 16.8. The molecule has 1 aromatic heterocycles. The number of halogens is 1. The normalized spacial score (nSPS) is 11.2. The van der Waals surface area contributed by atoms with Gasteiger partial charge in [0, 0.05) is 19.4 Å². The van der Waals surface area contributed by atoms with Crippen LogP contribution in [0.15, 0.2) is 30.6 Å². The average Bonchev–Trinajstić information content (AvgIpc) is 2.82. The number of carbonyl (C=O) groups is 1. The number of nitrogens with one attached hydrogen (secondary N) is 2. The monoisotopic (exact) mass is 320 g/mol. The first-order valence-corrected chi connectivity index (χ1v) is 7.24. The quantitative estimate of drug-likeness (QED) is 0.904. The highest BCUT2D eigenvalue weighted by Crippen LogP contribution is 2.24. The number of hydrogen-bond donors (Lipinski definition) is 2. The Hall–Kier alpha value is -2.57. The highest BCUT2D eigenvalue weighted by Gasteiger charge is 2.17. The molecule has 7 heteroatoms. The molecule has 6 nitrogen and oxygen atoms in total. The minimum absolute atomic E-state index is 0.399. The molecule has 1 amide bonds. The Balaban J connectivity index is 2.11. The third kappa shape index (κ3) is 4.98. The number of amides is 1. The van der Waals surface area contributed by atoms with E-state index in [0.717, 1.165) is 5.82 Å². The van der Waals surface area contributed by atoms with Crippen LogP contribution in [-0.2, 0) is 18.3 Å². The molecule has 0 fully saturated rings. The molecule has 0 radical (unpaired) electrons. The van der Waals surface area contributed by atoms with Crippen molar-refractivity contribution in [3.8, 4) is 0 Å². The first-order valence-electron chi connectivity index (χ1n) is 7.24. The smallest absolute Gasteiger partial charge is 0.412 e. The van der Waals surface area contributed by atoms with Crippen LogP contribution in [0, 0.1) is 5.82 Å². The summed E-state index contributed by atoms with van der Waals surface area (Å²) in [6.07, 6.45) is 2.91. The summed E-state index contributed by atoms with van der Waals surface area (Å²) in [5.74, 6) is 0.388. The fourth-order valence-corrected chi connectivity index (χ4v) is 1.93. The zero-order valence-electron chi connectivity index (χ0n) is 13.7. The lowest BCUT2D eigenvalue weighted by Crippen LogP contribution is -2.27. The molecule has 0 aliphatic rings. The number of nitrogens with zero attached hydrogens (tertiary/aromatic N) is 2. The van der Waals surface area contributed by atoms with E-state index in [9.17, 15) is 9.18 Å². The third-order valence-corrected chi connectivity index (χ3v) is 2.98. The van der Waals surface area contributed by atoms with Gasteiger partial charge in [0.2, 0.25) is 0 Å². The van der Waals surface area contributed by atoms with E-state index < -0.39 is 17.5 Å². The van der Waals surface area contributed by atoms with Gasteiger partial charge in [-0.3, -0.25) is 5.32 Å². The van der Waals surface area contributed by atoms with Gasteiger partial charge in [0.15, 0.2) is 0 Å². The Morgan fingerprint density at radius 2 is 2.09 bits per heavy atom. The van der Waals surface area contributed by atoms with Crippen LogP contribution >= 0.6 is 0 Å². The maximum Gasteiger partial charge on any atom is 0.412 e. The van der Waals surface area contributed by atoms with Crippen molar-refractivity contribution in [2.45, 2.75) is 32.9 Å². The molecule has 0 atom stereocenters. The van der Waals surface area contributed by atoms with Crippen molar-refractivity contribution < 1.29 is 13.9 Å². The van der Waals surface area contributed by atoms with Crippen LogP contribution in [0.3, 0.4) is 0 Å². The number of anilines is 2. The minimum Gasteiger partial charge on any atom is -0.444 e. The van der Waals surface area contributed by atoms with E-state index in [1.54, 1.807) is 27.0 Å². The molecule has 0 bridgehead atoms. The minimum atomic E-state index is -0.606. The molecule has 1 heterocycles. The molecule has 0 aliphatic carbocycles. The van der Waals surface area contributed by atoms with E-state index in [4.69, 9.17) is 4.74 Å². The van der Waals surface area contributed by atoms with Crippen molar-refractivity contribution in [3.63, 3.8) is 0 Å². The summed E-state index contributed by atoms with van der Waals surface area (Å²) in [5.41, 5.74) is 0.290. The Bertz CT molecular complexity index is 692. The van der Waals surface area contributed by atoms with Crippen molar-refractivity contribution in [1.82, 2.24) is 9.55 Å². The van der Waals surface area contributed by atoms with Crippen molar-refractivity contribution in [2.24, 2.45) is 7.05 Å². The summed E-state index contributed by atoms with van der Waals surface area (Å²) >= 11 is 0. The van der Waals surface area contributed by atoms with Crippen molar-refractivity contribution in [2.75, 3.05) is 10.6 Å². The maximum atomic E-state index is 13.5. The van der Waals surface area contributed by atoms with Gasteiger partial charge in [-0.2, -0.15) is 0 Å². The van der Waals surface area contributed by atoms with E-state index >= 15 is 0 Å². The fourth-order valence-electron chi connectivity index (χ4n) is 1.93. The highest BCUT2D eigenvalue weighted by molar-refractivity contribution is 5.89. The highest BCUT2D eigenvalue weighted by atomic mass is 19.1. The summed E-state index contributed by atoms with van der Waals surface area (Å²) in [4.78, 5) is 16.1. The second-order valence-electron chi connectivity index (χ2n) is 6.12. The summed E-state index contributed by atoms with van der Waals surface area (Å²) in [5, 5.41) is 5.69. The summed E-state index contributed by atoms with van der Waals surface area (Å²) < 4.78 is 20.6. The van der Waals surface area contributed by atoms with Gasteiger partial charge in [0.25, 0.3) is 0 Å². The molecule has 2 N–H and O–H groups in total. The summed E-state index contributed by atoms with van der Waals surface area (Å²) in [7, 11) is 1.87. The zero-order valence-corrected chi connectivity index (χ0v) is 13.7. The predicted molar refractivity (Wildman–Crippen MR) is 86.8 cm³/mol. The number of aromatic nitrogens is 2. The number of benzene rings is 1. The van der Waals surface area contributed by atoms with E-state index in [2.05, 4.69) is 15.6 Å². The number of aryl methyl sites for hydroxylation is 1. The Kier molecular flexibility index (Phi) is 4.88. The van der Waals surface area contributed by atoms with E-state index in [1.807, 2.05) is 17.8 Å². The first-order chi connectivity index (χ1) is 10.7. The van der Waals surface area contributed by atoms with Crippen molar-refractivity contribution in [1.29, 1.82) is 0 Å². The molecule has 2 rings (SSSR count). The van der Waals surface area contributed by atoms with Crippen LogP contribution in [0.25, 0.3) is 0 Å². The summed E-state index contributed by atoms with van der Waals surface area (Å²) in [6.45, 7) is 5.72. The lowest BCUT2D eigenvalue weighted by molar-refractivity contribution is 0.0636. The fraction of sp³-hybridized carbons (Fsp3) is 0.375. The maximum absolute atomic E-state index is 13.5. The predicted octanol–water partition coefficient (Wildman–Crippen LogP) is 3.52. The van der Waals surface area contributed by atoms with Crippen LogP contribution in [-0.4, -0.2) is 21.2 Å². The molecule has 124 valence electrons. The molecule has 0 saturated heterocycles. The SMILES string of the molecule is Cn1ccnc1CNc1cc(F)ccc1NC(=O)OC(C)(C)C. The molecule has 0 aliphatic heterocycles. The van der Waals surface area contributed by atoms with Gasteiger partial charge in [-0.25, -0.2) is 14.2 Å². The van der Waals surface area contributed by atoms with Gasteiger partial charge >= 0.3 is 6.09 Å². The number of carbonyl (C=O) groups excluding carboxylic acids is 1. The molecule has 2 aromatic rings. The Labute approximate surface area is 134 Å². The van der Waals surface area contributed by atoms with E-state index in [1.165, 1.54) is 18.2 Å². The van der Waals surface area contributed by atoms with Crippen LogP contribution in [0.4, 0.5) is 20.6 Å². The molecule has 23 heavy (non-hydrogen) atoms.